The third-order valence-corrected chi connectivity index (χ3v) is 7.46. The molecule has 186 valence electrons. The Morgan fingerprint density at radius 2 is 1.03 bits per heavy atom. The molecule has 0 aliphatic heterocycles. The van der Waals surface area contributed by atoms with Gasteiger partial charge >= 0.3 is 26.2 Å². The van der Waals surface area contributed by atoms with Crippen molar-refractivity contribution in [2.45, 2.75) is 25.7 Å². The summed E-state index contributed by atoms with van der Waals surface area (Å²) < 4.78 is 11.5. The molecule has 2 aromatic carbocycles. The van der Waals surface area contributed by atoms with E-state index in [1.54, 1.807) is 0 Å². The van der Waals surface area contributed by atoms with Gasteiger partial charge in [0.1, 0.15) is 0 Å². The third-order valence-electron chi connectivity index (χ3n) is 7.46. The molecule has 2 aromatic heterocycles. The van der Waals surface area contributed by atoms with Crippen LogP contribution in [-0.4, -0.2) is 0 Å². The van der Waals surface area contributed by atoms with Crippen LogP contribution in [0.15, 0.2) is 129 Å². The molecule has 0 N–H and O–H groups in total. The first-order valence-electron chi connectivity index (χ1n) is 13.0. The molecular weight excluding hydrogens is 556 g/mol. The Morgan fingerprint density at radius 3 is 1.44 bits per heavy atom. The molecule has 0 radical (unpaired) electrons. The second-order valence-corrected chi connectivity index (χ2v) is 9.96. The van der Waals surface area contributed by atoms with Crippen LogP contribution in [0.4, 0.5) is 0 Å². The zero-order valence-corrected chi connectivity index (χ0v) is 24.3. The van der Waals surface area contributed by atoms with Crippen molar-refractivity contribution in [2.24, 2.45) is 0 Å². The Labute approximate surface area is 248 Å². The molecule has 0 fully saturated rings. The van der Waals surface area contributed by atoms with E-state index in [4.69, 9.17) is 8.83 Å². The molecule has 0 bridgehead atoms. The Kier molecular flexibility index (Phi) is 6.87. The van der Waals surface area contributed by atoms with Crippen molar-refractivity contribution >= 4 is 0 Å². The van der Waals surface area contributed by atoms with Crippen molar-refractivity contribution in [3.05, 3.63) is 166 Å². The van der Waals surface area contributed by atoms with E-state index in [0.29, 0.717) is 11.8 Å². The molecule has 0 amide bonds. The third kappa shape index (κ3) is 4.60. The maximum absolute atomic E-state index is 5.76. The number of hydrogen-bond acceptors (Lipinski definition) is 2. The number of rotatable bonds is 2. The van der Waals surface area contributed by atoms with Crippen LogP contribution in [0.1, 0.15) is 45.6 Å². The normalized spacial score (nSPS) is 18.7. The fourth-order valence-corrected chi connectivity index (χ4v) is 5.66. The predicted octanol–water partition coefficient (Wildman–Crippen LogP) is 9.11. The van der Waals surface area contributed by atoms with Crippen LogP contribution in [0.3, 0.4) is 0 Å². The number of hydrogen-bond donors (Lipinski definition) is 0. The van der Waals surface area contributed by atoms with E-state index >= 15 is 0 Å². The second-order valence-electron chi connectivity index (χ2n) is 9.96. The summed E-state index contributed by atoms with van der Waals surface area (Å²) in [7, 11) is 0. The summed E-state index contributed by atoms with van der Waals surface area (Å²) in [6.07, 6.45) is 24.2. The van der Waals surface area contributed by atoms with Crippen molar-refractivity contribution in [3.63, 3.8) is 0 Å². The van der Waals surface area contributed by atoms with Gasteiger partial charge in [-0.1, -0.05) is 59.7 Å². The van der Waals surface area contributed by atoms with Crippen molar-refractivity contribution in [1.82, 2.24) is 0 Å². The number of allylic oxidation sites excluding steroid dienone is 10. The molecule has 8 rings (SSSR count). The van der Waals surface area contributed by atoms with Gasteiger partial charge in [0.2, 0.25) is 0 Å². The van der Waals surface area contributed by atoms with Crippen molar-refractivity contribution in [3.8, 4) is 22.6 Å². The van der Waals surface area contributed by atoms with Gasteiger partial charge in [-0.15, -0.1) is 82.0 Å². The second kappa shape index (κ2) is 10.5. The van der Waals surface area contributed by atoms with Gasteiger partial charge in [0, 0.05) is 0 Å². The largest absolute Gasteiger partial charge is 2.00 e. The van der Waals surface area contributed by atoms with Crippen LogP contribution in [0.25, 0.3) is 22.6 Å². The van der Waals surface area contributed by atoms with E-state index in [1.807, 2.05) is 38.1 Å². The zero-order chi connectivity index (χ0) is 25.6. The SMILES string of the molecule is Cc1ccc(-c2cccc3c2[C-]=C2C=CC=CC23)o1.Cc1ccc(-c2cccc3c2[C-]=C2C=CC=CC23)o1.[Zr+2]. The molecule has 2 atom stereocenters. The molecule has 0 spiro atoms. The van der Waals surface area contributed by atoms with Crippen LogP contribution in [-0.2, 0) is 26.2 Å². The quantitative estimate of drug-likeness (QED) is 0.221. The monoisotopic (exact) mass is 580 g/mol. The molecule has 2 nitrogen and oxygen atoms in total. The Bertz CT molecular complexity index is 1620. The Morgan fingerprint density at radius 1 is 0.564 bits per heavy atom. The molecule has 4 aromatic rings. The summed E-state index contributed by atoms with van der Waals surface area (Å²) in [4.78, 5) is 0. The molecule has 2 unspecified atom stereocenters. The van der Waals surface area contributed by atoms with Crippen LogP contribution < -0.4 is 0 Å². The van der Waals surface area contributed by atoms with Gasteiger partial charge in [0.15, 0.2) is 0 Å². The van der Waals surface area contributed by atoms with Crippen LogP contribution in [0, 0.1) is 26.0 Å². The van der Waals surface area contributed by atoms with Crippen LogP contribution in [0.2, 0.25) is 0 Å². The summed E-state index contributed by atoms with van der Waals surface area (Å²) in [6.45, 7) is 3.94. The number of fused-ring (bicyclic) bond motifs is 6. The first-order valence-corrected chi connectivity index (χ1v) is 13.0. The zero-order valence-electron chi connectivity index (χ0n) is 21.9. The fourth-order valence-electron chi connectivity index (χ4n) is 5.66. The van der Waals surface area contributed by atoms with Crippen molar-refractivity contribution < 1.29 is 35.0 Å². The summed E-state index contributed by atoms with van der Waals surface area (Å²) >= 11 is 0. The van der Waals surface area contributed by atoms with Crippen LogP contribution in [0.5, 0.6) is 0 Å². The first-order chi connectivity index (χ1) is 18.7. The van der Waals surface area contributed by atoms with Gasteiger partial charge in [-0.25, -0.2) is 0 Å². The average molecular weight is 582 g/mol. The van der Waals surface area contributed by atoms with Gasteiger partial charge in [0.05, 0.1) is 23.0 Å². The molecule has 0 saturated heterocycles. The molecular formula is C36H26O2Zr. The van der Waals surface area contributed by atoms with E-state index in [2.05, 4.69) is 97.2 Å². The minimum Gasteiger partial charge on any atom is -0.471 e. The van der Waals surface area contributed by atoms with E-state index < -0.39 is 0 Å². The maximum atomic E-state index is 5.76. The standard InChI is InChI=1S/2C18H13O.Zr/c2*1-12-9-10-18(19-12)16-8-4-7-15-14-6-3-2-5-13(14)11-17(15)16;/h2*2-10,14H,1H3;/q2*-1;+2. The van der Waals surface area contributed by atoms with Gasteiger partial charge in [-0.2, -0.15) is 0 Å². The van der Waals surface area contributed by atoms with Gasteiger partial charge in [0.25, 0.3) is 0 Å². The molecule has 4 aliphatic rings. The fraction of sp³-hybridized carbons (Fsp3) is 0.111. The summed E-state index contributed by atoms with van der Waals surface area (Å²) in [6, 6.07) is 20.9. The van der Waals surface area contributed by atoms with E-state index in [1.165, 1.54) is 33.4 Å². The molecule has 3 heteroatoms. The summed E-state index contributed by atoms with van der Waals surface area (Å²) in [5, 5.41) is 0. The topological polar surface area (TPSA) is 26.3 Å². The van der Waals surface area contributed by atoms with Gasteiger partial charge < -0.3 is 8.83 Å². The molecule has 2 heterocycles. The van der Waals surface area contributed by atoms with E-state index in [9.17, 15) is 0 Å². The smallest absolute Gasteiger partial charge is 0.471 e. The Hall–Kier alpha value is -3.68. The summed E-state index contributed by atoms with van der Waals surface area (Å²) in [5.74, 6) is 4.45. The number of benzene rings is 2. The van der Waals surface area contributed by atoms with Crippen molar-refractivity contribution in [1.29, 1.82) is 0 Å². The molecule has 39 heavy (non-hydrogen) atoms. The van der Waals surface area contributed by atoms with E-state index in [0.717, 1.165) is 34.2 Å². The Balaban J connectivity index is 0.000000138. The molecule has 0 saturated carbocycles. The minimum absolute atomic E-state index is 0. The maximum Gasteiger partial charge on any atom is 2.00 e. The summed E-state index contributed by atoms with van der Waals surface area (Å²) in [5.41, 5.74) is 9.75. The van der Waals surface area contributed by atoms with Crippen LogP contribution >= 0.6 is 0 Å². The average Bonchev–Trinajstić information content (AvgIpc) is 3.73. The van der Waals surface area contributed by atoms with Gasteiger partial charge in [-0.05, 0) is 49.9 Å². The number of furan rings is 2. The predicted molar refractivity (Wildman–Crippen MR) is 152 cm³/mol. The number of aryl methyl sites for hydroxylation is 2. The van der Waals surface area contributed by atoms with E-state index in [-0.39, 0.29) is 26.2 Å². The van der Waals surface area contributed by atoms with Gasteiger partial charge in [-0.3, -0.25) is 0 Å². The minimum atomic E-state index is 0. The van der Waals surface area contributed by atoms with Crippen molar-refractivity contribution in [2.75, 3.05) is 0 Å². The molecule has 4 aliphatic carbocycles. The first kappa shape index (κ1) is 25.6.